The van der Waals surface area contributed by atoms with E-state index in [1.165, 1.54) is 46.9 Å². The van der Waals surface area contributed by atoms with Gasteiger partial charge in [-0.15, -0.1) is 22.7 Å². The summed E-state index contributed by atoms with van der Waals surface area (Å²) in [6, 6.07) is 23.9. The third-order valence-electron chi connectivity index (χ3n) is 6.82. The number of hydrogen-bond donors (Lipinski definition) is 2. The highest BCUT2D eigenvalue weighted by atomic mass is 32.2. The zero-order chi connectivity index (χ0) is 31.8. The first-order valence-electron chi connectivity index (χ1n) is 13.1. The molecule has 2 heterocycles. The summed E-state index contributed by atoms with van der Waals surface area (Å²) in [5.41, 5.74) is 4.23. The van der Waals surface area contributed by atoms with E-state index in [1.54, 1.807) is 36.4 Å². The Balaban J connectivity index is 1.57. The highest BCUT2D eigenvalue weighted by molar-refractivity contribution is 7.91. The predicted molar refractivity (Wildman–Crippen MR) is 173 cm³/mol. The van der Waals surface area contributed by atoms with Gasteiger partial charge in [-0.25, -0.2) is 16.8 Å². The van der Waals surface area contributed by atoms with Gasteiger partial charge in [0, 0.05) is 32.0 Å². The van der Waals surface area contributed by atoms with Crippen molar-refractivity contribution in [2.45, 2.75) is 22.6 Å². The van der Waals surface area contributed by atoms with Crippen LogP contribution in [0.4, 0.5) is 0 Å². The second-order valence-corrected chi connectivity index (χ2v) is 16.4. The number of carboxylic acid groups (broad SMARTS) is 2. The molecule has 0 atom stereocenters. The molecule has 5 aromatic rings. The van der Waals surface area contributed by atoms with E-state index in [1.807, 2.05) is 24.3 Å². The molecule has 0 aliphatic rings. The molecule has 0 fully saturated rings. The lowest BCUT2D eigenvalue weighted by Gasteiger charge is -2.07. The summed E-state index contributed by atoms with van der Waals surface area (Å²) in [5, 5.41) is 19.2. The van der Waals surface area contributed by atoms with Crippen molar-refractivity contribution < 1.29 is 36.6 Å². The fourth-order valence-electron chi connectivity index (χ4n) is 4.75. The van der Waals surface area contributed by atoms with E-state index in [9.17, 15) is 36.6 Å². The number of carbonyl (C=O) groups is 2. The lowest BCUT2D eigenvalue weighted by atomic mass is 10.0. The topological polar surface area (TPSA) is 143 Å². The Labute approximate surface area is 262 Å². The zero-order valence-corrected chi connectivity index (χ0v) is 26.7. The van der Waals surface area contributed by atoms with Crippen LogP contribution in [0.15, 0.2) is 94.7 Å². The van der Waals surface area contributed by atoms with E-state index < -0.39 is 31.6 Å². The Hall–Kier alpha value is -4.10. The second kappa shape index (κ2) is 12.1. The lowest BCUT2D eigenvalue weighted by molar-refractivity contribution is -0.137. The van der Waals surface area contributed by atoms with E-state index in [2.05, 4.69) is 0 Å². The summed E-state index contributed by atoms with van der Waals surface area (Å²) >= 11 is 2.79. The van der Waals surface area contributed by atoms with Crippen LogP contribution < -0.4 is 0 Å². The molecule has 226 valence electrons. The molecule has 44 heavy (non-hydrogen) atoms. The molecule has 2 aromatic heterocycles. The maximum absolute atomic E-state index is 11.9. The summed E-state index contributed by atoms with van der Waals surface area (Å²) in [6.07, 6.45) is 1.84. The Morgan fingerprint density at radius 3 is 1.25 bits per heavy atom. The molecule has 0 radical (unpaired) electrons. The monoisotopic (exact) mass is 666 g/mol. The van der Waals surface area contributed by atoms with Gasteiger partial charge in [0.2, 0.25) is 0 Å². The van der Waals surface area contributed by atoms with Crippen LogP contribution in [0.5, 0.6) is 0 Å². The Kier molecular flexibility index (Phi) is 8.63. The molecule has 0 spiro atoms. The van der Waals surface area contributed by atoms with Crippen LogP contribution in [0.25, 0.3) is 41.8 Å². The third-order valence-corrected chi connectivity index (χ3v) is 11.6. The van der Waals surface area contributed by atoms with Crippen molar-refractivity contribution in [3.8, 4) is 41.8 Å². The van der Waals surface area contributed by atoms with E-state index in [0.717, 1.165) is 54.3 Å². The Morgan fingerprint density at radius 1 is 0.568 bits per heavy atom. The highest BCUT2D eigenvalue weighted by Gasteiger charge is 2.19. The van der Waals surface area contributed by atoms with Crippen LogP contribution in [0.1, 0.15) is 11.1 Å². The van der Waals surface area contributed by atoms with Gasteiger partial charge in [-0.2, -0.15) is 0 Å². The largest absolute Gasteiger partial charge is 0.481 e. The molecule has 0 aliphatic carbocycles. The molecule has 0 saturated heterocycles. The van der Waals surface area contributed by atoms with Gasteiger partial charge in [-0.05, 0) is 75.8 Å². The minimum atomic E-state index is -3.36. The van der Waals surface area contributed by atoms with Gasteiger partial charge >= 0.3 is 11.9 Å². The summed E-state index contributed by atoms with van der Waals surface area (Å²) < 4.78 is 47.6. The van der Waals surface area contributed by atoms with E-state index >= 15 is 0 Å². The van der Waals surface area contributed by atoms with Crippen molar-refractivity contribution in [2.24, 2.45) is 0 Å². The fraction of sp³-hybridized carbons (Fsp3) is 0.125. The van der Waals surface area contributed by atoms with Crippen LogP contribution in [-0.2, 0) is 42.1 Å². The minimum Gasteiger partial charge on any atom is -0.481 e. The standard InChI is InChI=1S/C32H26O8S4/c1-43(37,38)25-10-6-19(7-11-25)27-15-23(17-29(33)34)31(41-27)21-4-3-5-22(14-21)32-24(18-30(35)36)16-28(42-32)20-8-12-26(13-9-20)44(2,39)40/h3-16H,17-18H2,1-2H3,(H,33,34)(H,35,36). The zero-order valence-electron chi connectivity index (χ0n) is 23.5. The average Bonchev–Trinajstić information content (AvgIpc) is 3.56. The molecular formula is C32H26O8S4. The SMILES string of the molecule is CS(=O)(=O)c1ccc(-c2cc(CC(=O)O)c(-c3cccc(-c4sc(-c5ccc(S(C)(=O)=O)cc5)cc4CC(=O)O)c3)s2)cc1. The second-order valence-electron chi connectivity index (χ2n) is 10.2. The molecule has 2 N–H and O–H groups in total. The first-order valence-corrected chi connectivity index (χ1v) is 18.5. The van der Waals surface area contributed by atoms with Crippen LogP contribution in [0.3, 0.4) is 0 Å². The number of sulfone groups is 2. The van der Waals surface area contributed by atoms with Crippen molar-refractivity contribution in [3.63, 3.8) is 0 Å². The van der Waals surface area contributed by atoms with Crippen LogP contribution in [-0.4, -0.2) is 51.5 Å². The molecule has 12 heteroatoms. The highest BCUT2D eigenvalue weighted by Crippen LogP contribution is 2.43. The molecule has 0 amide bonds. The number of aliphatic carboxylic acids is 2. The summed E-state index contributed by atoms with van der Waals surface area (Å²) in [7, 11) is -6.73. The van der Waals surface area contributed by atoms with Gasteiger partial charge in [-0.1, -0.05) is 42.5 Å². The molecular weight excluding hydrogens is 641 g/mol. The van der Waals surface area contributed by atoms with Crippen molar-refractivity contribution in [2.75, 3.05) is 12.5 Å². The quantitative estimate of drug-likeness (QED) is 0.171. The number of thiophene rings is 2. The predicted octanol–water partition coefficient (Wildman–Crippen LogP) is 6.54. The van der Waals surface area contributed by atoms with Gasteiger partial charge in [0.25, 0.3) is 0 Å². The molecule has 8 nitrogen and oxygen atoms in total. The summed E-state index contributed by atoms with van der Waals surface area (Å²) in [6.45, 7) is 0. The smallest absolute Gasteiger partial charge is 0.307 e. The van der Waals surface area contributed by atoms with Gasteiger partial charge in [0.15, 0.2) is 19.7 Å². The fourth-order valence-corrected chi connectivity index (χ4v) is 8.38. The van der Waals surface area contributed by atoms with E-state index in [0.29, 0.717) is 11.1 Å². The van der Waals surface area contributed by atoms with Crippen molar-refractivity contribution in [1.29, 1.82) is 0 Å². The normalized spacial score (nSPS) is 11.9. The molecule has 3 aromatic carbocycles. The summed E-state index contributed by atoms with van der Waals surface area (Å²) in [5.74, 6) is -1.99. The van der Waals surface area contributed by atoms with Gasteiger partial charge in [-0.3, -0.25) is 9.59 Å². The molecule has 0 aliphatic heterocycles. The average molecular weight is 667 g/mol. The summed E-state index contributed by atoms with van der Waals surface area (Å²) in [4.78, 5) is 26.9. The van der Waals surface area contributed by atoms with Gasteiger partial charge in [0.05, 0.1) is 22.6 Å². The van der Waals surface area contributed by atoms with Crippen LogP contribution >= 0.6 is 22.7 Å². The van der Waals surface area contributed by atoms with Crippen molar-refractivity contribution in [1.82, 2.24) is 0 Å². The number of rotatable bonds is 10. The third kappa shape index (κ3) is 6.99. The lowest BCUT2D eigenvalue weighted by Crippen LogP contribution is -2.00. The number of benzene rings is 3. The first kappa shape index (κ1) is 31.3. The Bertz CT molecular complexity index is 1950. The van der Waals surface area contributed by atoms with Gasteiger partial charge in [0.1, 0.15) is 0 Å². The van der Waals surface area contributed by atoms with Crippen molar-refractivity contribution >= 4 is 54.3 Å². The minimum absolute atomic E-state index is 0.190. The maximum Gasteiger partial charge on any atom is 0.307 e. The first-order chi connectivity index (χ1) is 20.7. The Morgan fingerprint density at radius 2 is 0.932 bits per heavy atom. The van der Waals surface area contributed by atoms with Gasteiger partial charge < -0.3 is 10.2 Å². The van der Waals surface area contributed by atoms with E-state index in [4.69, 9.17) is 0 Å². The van der Waals surface area contributed by atoms with Crippen molar-refractivity contribution in [3.05, 3.63) is 96.1 Å². The molecule has 0 saturated carbocycles. The van der Waals surface area contributed by atoms with Crippen LogP contribution in [0.2, 0.25) is 0 Å². The maximum atomic E-state index is 11.9. The molecule has 0 bridgehead atoms. The molecule has 0 unspecified atom stereocenters. The number of carboxylic acids is 2. The van der Waals surface area contributed by atoms with E-state index in [-0.39, 0.29) is 22.6 Å². The van der Waals surface area contributed by atoms with Crippen LogP contribution in [0, 0.1) is 0 Å². The number of hydrogen-bond acceptors (Lipinski definition) is 8. The molecule has 5 rings (SSSR count).